The van der Waals surface area contributed by atoms with Crippen molar-refractivity contribution in [3.8, 4) is 0 Å². The van der Waals surface area contributed by atoms with Gasteiger partial charge in [0.1, 0.15) is 6.61 Å². The molecule has 0 amide bonds. The van der Waals surface area contributed by atoms with Gasteiger partial charge >= 0.3 is 0 Å². The Morgan fingerprint density at radius 2 is 2.00 bits per heavy atom. The Hall–Kier alpha value is -0.410. The van der Waals surface area contributed by atoms with Crippen LogP contribution in [0.2, 0.25) is 0 Å². The Morgan fingerprint density at radius 1 is 1.36 bits per heavy atom. The predicted molar refractivity (Wildman–Crippen MR) is 42.5 cm³/mol. The zero-order valence-corrected chi connectivity index (χ0v) is 7.42. The van der Waals surface area contributed by atoms with E-state index in [0.29, 0.717) is 18.9 Å². The van der Waals surface area contributed by atoms with E-state index in [0.717, 1.165) is 0 Å². The number of rotatable bonds is 6. The molecule has 0 spiro atoms. The van der Waals surface area contributed by atoms with Gasteiger partial charge in [0, 0.05) is 27.2 Å². The van der Waals surface area contributed by atoms with Crippen LogP contribution in [0.4, 0.5) is 0 Å². The molecule has 0 aromatic carbocycles. The number of carbonyl (C=O) groups excluding carboxylic acids is 1. The highest BCUT2D eigenvalue weighted by atomic mass is 16.5. The monoisotopic (exact) mass is 160 g/mol. The molecule has 3 nitrogen and oxygen atoms in total. The maximum atomic E-state index is 10.9. The predicted octanol–water partition coefficient (Wildman–Crippen LogP) is 0.875. The van der Waals surface area contributed by atoms with Gasteiger partial charge in [0.15, 0.2) is 5.78 Å². The Balaban J connectivity index is 3.40. The van der Waals surface area contributed by atoms with E-state index in [1.54, 1.807) is 7.11 Å². The van der Waals surface area contributed by atoms with E-state index >= 15 is 0 Å². The van der Waals surface area contributed by atoms with E-state index in [4.69, 9.17) is 9.47 Å². The first-order valence-corrected chi connectivity index (χ1v) is 3.70. The van der Waals surface area contributed by atoms with Crippen LogP contribution < -0.4 is 0 Å². The van der Waals surface area contributed by atoms with E-state index < -0.39 is 0 Å². The molecule has 0 rings (SSSR count). The smallest absolute Gasteiger partial charge is 0.158 e. The van der Waals surface area contributed by atoms with Gasteiger partial charge < -0.3 is 9.47 Å². The highest BCUT2D eigenvalue weighted by molar-refractivity contribution is 5.79. The first-order valence-electron chi connectivity index (χ1n) is 3.70. The first kappa shape index (κ1) is 10.6. The van der Waals surface area contributed by atoms with E-state index in [1.807, 2.05) is 6.92 Å². The topological polar surface area (TPSA) is 35.5 Å². The highest BCUT2D eigenvalue weighted by Crippen LogP contribution is 2.02. The van der Waals surface area contributed by atoms with E-state index in [-0.39, 0.29) is 12.4 Å². The number of carbonyl (C=O) groups is 1. The fraction of sp³-hybridized carbons (Fsp3) is 0.875. The maximum Gasteiger partial charge on any atom is 0.158 e. The molecule has 1 unspecified atom stereocenters. The standard InChI is InChI=1S/C8H16O3/c1-7(5-10-2)4-8(9)6-11-3/h7H,4-6H2,1-3H3. The van der Waals surface area contributed by atoms with Gasteiger partial charge in [0.05, 0.1) is 0 Å². The molecular weight excluding hydrogens is 144 g/mol. The van der Waals surface area contributed by atoms with Crippen molar-refractivity contribution >= 4 is 5.78 Å². The summed E-state index contributed by atoms with van der Waals surface area (Å²) in [7, 11) is 3.16. The summed E-state index contributed by atoms with van der Waals surface area (Å²) in [6, 6.07) is 0. The minimum atomic E-state index is 0.136. The molecule has 0 bridgehead atoms. The number of ether oxygens (including phenoxy) is 2. The molecule has 3 heteroatoms. The Labute approximate surface area is 67.7 Å². The van der Waals surface area contributed by atoms with Crippen molar-refractivity contribution in [1.82, 2.24) is 0 Å². The Bertz CT molecular complexity index is 112. The summed E-state index contributed by atoms with van der Waals surface area (Å²) in [5.41, 5.74) is 0. The van der Waals surface area contributed by atoms with Crippen LogP contribution in [0, 0.1) is 5.92 Å². The van der Waals surface area contributed by atoms with Crippen LogP contribution in [0.3, 0.4) is 0 Å². The molecule has 0 aliphatic rings. The van der Waals surface area contributed by atoms with Crippen LogP contribution in [-0.4, -0.2) is 33.2 Å². The van der Waals surface area contributed by atoms with Crippen molar-refractivity contribution < 1.29 is 14.3 Å². The number of hydrogen-bond acceptors (Lipinski definition) is 3. The summed E-state index contributed by atoms with van der Waals surface area (Å²) < 4.78 is 9.58. The molecule has 11 heavy (non-hydrogen) atoms. The molecule has 0 aliphatic carbocycles. The van der Waals surface area contributed by atoms with Gasteiger partial charge in [-0.25, -0.2) is 0 Å². The summed E-state index contributed by atoms with van der Waals surface area (Å²) in [6.45, 7) is 2.83. The zero-order valence-electron chi connectivity index (χ0n) is 7.42. The maximum absolute atomic E-state index is 10.9. The average Bonchev–Trinajstić information content (AvgIpc) is 1.87. The lowest BCUT2D eigenvalue weighted by atomic mass is 10.1. The van der Waals surface area contributed by atoms with Crippen LogP contribution in [0.25, 0.3) is 0 Å². The van der Waals surface area contributed by atoms with Crippen molar-refractivity contribution in [3.63, 3.8) is 0 Å². The molecule has 0 fully saturated rings. The number of hydrogen-bond donors (Lipinski definition) is 0. The van der Waals surface area contributed by atoms with Gasteiger partial charge in [-0.1, -0.05) is 6.92 Å². The van der Waals surface area contributed by atoms with E-state index in [9.17, 15) is 4.79 Å². The lowest BCUT2D eigenvalue weighted by Gasteiger charge is -2.07. The van der Waals surface area contributed by atoms with Gasteiger partial charge in [0.25, 0.3) is 0 Å². The van der Waals surface area contributed by atoms with Gasteiger partial charge in [0.2, 0.25) is 0 Å². The minimum absolute atomic E-state index is 0.136. The van der Waals surface area contributed by atoms with Gasteiger partial charge in [-0.05, 0) is 5.92 Å². The SMILES string of the molecule is COCC(=O)CC(C)COC. The Morgan fingerprint density at radius 3 is 2.45 bits per heavy atom. The molecule has 66 valence electrons. The molecule has 0 aromatic rings. The zero-order chi connectivity index (χ0) is 8.69. The van der Waals surface area contributed by atoms with Crippen molar-refractivity contribution in [2.45, 2.75) is 13.3 Å². The molecule has 0 saturated heterocycles. The second-order valence-electron chi connectivity index (χ2n) is 2.74. The van der Waals surface area contributed by atoms with Crippen molar-refractivity contribution in [3.05, 3.63) is 0 Å². The molecule has 0 heterocycles. The third kappa shape index (κ3) is 6.01. The van der Waals surface area contributed by atoms with Gasteiger partial charge in [-0.2, -0.15) is 0 Å². The van der Waals surface area contributed by atoms with Gasteiger partial charge in [-0.15, -0.1) is 0 Å². The largest absolute Gasteiger partial charge is 0.384 e. The molecule has 0 radical (unpaired) electrons. The summed E-state index contributed by atoms with van der Waals surface area (Å²) in [4.78, 5) is 10.9. The summed E-state index contributed by atoms with van der Waals surface area (Å²) in [6.07, 6.45) is 0.543. The highest BCUT2D eigenvalue weighted by Gasteiger charge is 2.07. The van der Waals surface area contributed by atoms with Crippen LogP contribution in [-0.2, 0) is 14.3 Å². The molecule has 0 aliphatic heterocycles. The first-order chi connectivity index (χ1) is 5.20. The fourth-order valence-corrected chi connectivity index (χ4v) is 0.952. The van der Waals surface area contributed by atoms with Gasteiger partial charge in [-0.3, -0.25) is 4.79 Å². The summed E-state index contributed by atoms with van der Waals surface area (Å²) in [5, 5.41) is 0. The van der Waals surface area contributed by atoms with Crippen molar-refractivity contribution in [2.24, 2.45) is 5.92 Å². The number of Topliss-reactive ketones (excluding diaryl/α,β-unsaturated/α-hetero) is 1. The Kier molecular flexibility index (Phi) is 6.07. The quantitative estimate of drug-likeness (QED) is 0.578. The molecular formula is C8H16O3. The van der Waals surface area contributed by atoms with E-state index in [2.05, 4.69) is 0 Å². The third-order valence-electron chi connectivity index (χ3n) is 1.33. The van der Waals surface area contributed by atoms with Crippen LogP contribution in [0.15, 0.2) is 0 Å². The minimum Gasteiger partial charge on any atom is -0.384 e. The lowest BCUT2D eigenvalue weighted by molar-refractivity contribution is -0.123. The third-order valence-corrected chi connectivity index (χ3v) is 1.33. The second kappa shape index (κ2) is 6.31. The summed E-state index contributed by atoms with van der Waals surface area (Å²) >= 11 is 0. The number of methoxy groups -OCH3 is 2. The van der Waals surface area contributed by atoms with Crippen LogP contribution in [0.5, 0.6) is 0 Å². The molecule has 1 atom stereocenters. The van der Waals surface area contributed by atoms with Crippen LogP contribution >= 0.6 is 0 Å². The normalized spacial score (nSPS) is 13.0. The average molecular weight is 160 g/mol. The van der Waals surface area contributed by atoms with E-state index in [1.165, 1.54) is 7.11 Å². The lowest BCUT2D eigenvalue weighted by Crippen LogP contribution is -2.14. The second-order valence-corrected chi connectivity index (χ2v) is 2.74. The molecule has 0 saturated carbocycles. The van der Waals surface area contributed by atoms with Crippen molar-refractivity contribution in [1.29, 1.82) is 0 Å². The molecule has 0 aromatic heterocycles. The fourth-order valence-electron chi connectivity index (χ4n) is 0.952. The van der Waals surface area contributed by atoms with Crippen LogP contribution in [0.1, 0.15) is 13.3 Å². The number of ketones is 1. The van der Waals surface area contributed by atoms with Crippen molar-refractivity contribution in [2.75, 3.05) is 27.4 Å². The molecule has 0 N–H and O–H groups in total. The summed E-state index contributed by atoms with van der Waals surface area (Å²) in [5.74, 6) is 0.430.